The van der Waals surface area contributed by atoms with Crippen molar-refractivity contribution in [2.24, 2.45) is 0 Å². The predicted octanol–water partition coefficient (Wildman–Crippen LogP) is 3.30. The van der Waals surface area contributed by atoms with Crippen LogP contribution >= 0.6 is 11.8 Å². The van der Waals surface area contributed by atoms with Crippen molar-refractivity contribution in [3.63, 3.8) is 0 Å². The Kier molecular flexibility index (Phi) is 4.06. The van der Waals surface area contributed by atoms with Crippen LogP contribution in [0, 0.1) is 0 Å². The van der Waals surface area contributed by atoms with Crippen molar-refractivity contribution in [1.82, 2.24) is 19.6 Å². The molecule has 0 aliphatic heterocycles. The molecule has 5 nitrogen and oxygen atoms in total. The smallest absolute Gasteiger partial charge is 0.253 e. The van der Waals surface area contributed by atoms with Crippen molar-refractivity contribution in [2.75, 3.05) is 12.4 Å². The van der Waals surface area contributed by atoms with Crippen molar-refractivity contribution in [3.05, 3.63) is 36.5 Å². The number of thioether (sulfide) groups is 1. The lowest BCUT2D eigenvalue weighted by atomic mass is 10.1. The molecule has 0 saturated carbocycles. The molecule has 0 unspecified atom stereocenters. The second-order valence-corrected chi connectivity index (χ2v) is 5.53. The monoisotopic (exact) mass is 300 g/mol. The van der Waals surface area contributed by atoms with E-state index in [1.807, 2.05) is 37.3 Å². The van der Waals surface area contributed by atoms with Gasteiger partial charge in [0.25, 0.3) is 5.78 Å². The van der Waals surface area contributed by atoms with Crippen molar-refractivity contribution in [2.45, 2.75) is 19.0 Å². The van der Waals surface area contributed by atoms with Gasteiger partial charge in [-0.3, -0.25) is 0 Å². The number of benzene rings is 1. The minimum atomic E-state index is 0.606. The molecule has 0 fully saturated rings. The van der Waals surface area contributed by atoms with Gasteiger partial charge in [-0.15, -0.1) is 5.10 Å². The molecule has 2 aromatic heterocycles. The Labute approximate surface area is 127 Å². The summed E-state index contributed by atoms with van der Waals surface area (Å²) in [6.07, 6.45) is 1.75. The van der Waals surface area contributed by atoms with E-state index in [4.69, 9.17) is 4.74 Å². The van der Waals surface area contributed by atoms with E-state index in [0.717, 1.165) is 27.9 Å². The van der Waals surface area contributed by atoms with Crippen LogP contribution in [0.2, 0.25) is 0 Å². The number of ether oxygens (including phenoxy) is 1. The molecule has 0 spiro atoms. The van der Waals surface area contributed by atoms with Crippen LogP contribution in [0.25, 0.3) is 17.0 Å². The number of fused-ring (bicyclic) bond motifs is 1. The number of rotatable bonds is 5. The molecule has 0 aliphatic rings. The van der Waals surface area contributed by atoms with Crippen LogP contribution in [0.1, 0.15) is 13.8 Å². The third kappa shape index (κ3) is 2.71. The van der Waals surface area contributed by atoms with Crippen molar-refractivity contribution in [1.29, 1.82) is 0 Å². The summed E-state index contributed by atoms with van der Waals surface area (Å²) in [4.78, 5) is 8.71. The second kappa shape index (κ2) is 6.13. The van der Waals surface area contributed by atoms with Gasteiger partial charge in [-0.05, 0) is 30.9 Å². The summed E-state index contributed by atoms with van der Waals surface area (Å²) in [6, 6.07) is 9.87. The van der Waals surface area contributed by atoms with E-state index in [1.54, 1.807) is 22.5 Å². The predicted molar refractivity (Wildman–Crippen MR) is 83.8 cm³/mol. The lowest BCUT2D eigenvalue weighted by molar-refractivity contribution is 0.341. The maximum Gasteiger partial charge on any atom is 0.253 e. The van der Waals surface area contributed by atoms with Crippen LogP contribution in [0.15, 0.2) is 41.7 Å². The topological polar surface area (TPSA) is 52.3 Å². The lowest BCUT2D eigenvalue weighted by Crippen LogP contribution is -1.99. The van der Waals surface area contributed by atoms with Crippen molar-refractivity contribution in [3.8, 4) is 17.0 Å². The molecule has 1 aromatic carbocycles. The molecular formula is C15H16N4OS. The summed E-state index contributed by atoms with van der Waals surface area (Å²) in [5.41, 5.74) is 1.92. The second-order valence-electron chi connectivity index (χ2n) is 4.30. The van der Waals surface area contributed by atoms with Gasteiger partial charge in [0.15, 0.2) is 0 Å². The fourth-order valence-electron chi connectivity index (χ4n) is 2.13. The summed E-state index contributed by atoms with van der Waals surface area (Å²) in [5, 5.41) is 5.27. The van der Waals surface area contributed by atoms with Crippen LogP contribution in [0.3, 0.4) is 0 Å². The van der Waals surface area contributed by atoms with Gasteiger partial charge in [-0.1, -0.05) is 30.8 Å². The Morgan fingerprint density at radius 3 is 2.86 bits per heavy atom. The van der Waals surface area contributed by atoms with Crippen LogP contribution in [0.5, 0.6) is 5.75 Å². The van der Waals surface area contributed by atoms with E-state index in [1.165, 1.54) is 0 Å². The zero-order chi connectivity index (χ0) is 14.7. The lowest BCUT2D eigenvalue weighted by Gasteiger charge is -2.10. The normalized spacial score (nSPS) is 11.0. The van der Waals surface area contributed by atoms with Gasteiger partial charge in [0.2, 0.25) is 5.16 Å². The van der Waals surface area contributed by atoms with Gasteiger partial charge in [0.05, 0.1) is 12.3 Å². The molecule has 0 saturated heterocycles. The molecule has 0 amide bonds. The zero-order valence-corrected chi connectivity index (χ0v) is 12.8. The molecular weight excluding hydrogens is 284 g/mol. The minimum Gasteiger partial charge on any atom is -0.493 e. The maximum absolute atomic E-state index is 5.71. The van der Waals surface area contributed by atoms with E-state index in [2.05, 4.69) is 22.0 Å². The first kappa shape index (κ1) is 13.9. The molecule has 0 aliphatic carbocycles. The van der Waals surface area contributed by atoms with E-state index >= 15 is 0 Å². The standard InChI is InChI=1S/C15H16N4OS/c1-3-20-13-8-6-5-7-11(13)12-9-10-16-14-17-15(21-4-2)18-19(12)14/h5-10H,3-4H2,1-2H3. The SMILES string of the molecule is CCOc1ccccc1-c1ccnc2nc(SCC)nn12. The Bertz CT molecular complexity index is 756. The first-order chi connectivity index (χ1) is 10.3. The van der Waals surface area contributed by atoms with E-state index in [0.29, 0.717) is 12.4 Å². The third-order valence-corrected chi connectivity index (χ3v) is 3.68. The van der Waals surface area contributed by atoms with Gasteiger partial charge in [-0.2, -0.15) is 9.50 Å². The highest BCUT2D eigenvalue weighted by molar-refractivity contribution is 7.99. The zero-order valence-electron chi connectivity index (χ0n) is 12.0. The van der Waals surface area contributed by atoms with Crippen LogP contribution in [-0.4, -0.2) is 31.9 Å². The van der Waals surface area contributed by atoms with Gasteiger partial charge < -0.3 is 4.74 Å². The molecule has 3 rings (SSSR count). The fourth-order valence-corrected chi connectivity index (χ4v) is 2.67. The number of nitrogens with zero attached hydrogens (tertiary/aromatic N) is 4. The number of hydrogen-bond acceptors (Lipinski definition) is 5. The molecule has 108 valence electrons. The van der Waals surface area contributed by atoms with E-state index in [-0.39, 0.29) is 0 Å². The molecule has 2 heterocycles. The number of para-hydroxylation sites is 1. The molecule has 0 bridgehead atoms. The quantitative estimate of drug-likeness (QED) is 0.677. The first-order valence-corrected chi connectivity index (χ1v) is 7.88. The highest BCUT2D eigenvalue weighted by atomic mass is 32.2. The average Bonchev–Trinajstić information content (AvgIpc) is 2.91. The minimum absolute atomic E-state index is 0.606. The Morgan fingerprint density at radius 1 is 1.19 bits per heavy atom. The highest BCUT2D eigenvalue weighted by Gasteiger charge is 2.13. The van der Waals surface area contributed by atoms with Crippen LogP contribution < -0.4 is 4.74 Å². The summed E-state index contributed by atoms with van der Waals surface area (Å²) >= 11 is 1.61. The molecule has 3 aromatic rings. The molecule has 6 heteroatoms. The number of hydrogen-bond donors (Lipinski definition) is 0. The maximum atomic E-state index is 5.71. The molecule has 21 heavy (non-hydrogen) atoms. The molecule has 0 N–H and O–H groups in total. The molecule has 0 radical (unpaired) electrons. The summed E-state index contributed by atoms with van der Waals surface area (Å²) in [6.45, 7) is 4.68. The Morgan fingerprint density at radius 2 is 2.05 bits per heavy atom. The third-order valence-electron chi connectivity index (χ3n) is 2.96. The summed E-state index contributed by atoms with van der Waals surface area (Å²) in [5.74, 6) is 2.38. The van der Waals surface area contributed by atoms with E-state index < -0.39 is 0 Å². The first-order valence-electron chi connectivity index (χ1n) is 6.90. The Hall–Kier alpha value is -2.08. The van der Waals surface area contributed by atoms with Crippen molar-refractivity contribution >= 4 is 17.5 Å². The van der Waals surface area contributed by atoms with E-state index in [9.17, 15) is 0 Å². The van der Waals surface area contributed by atoms with Gasteiger partial charge in [0, 0.05) is 11.8 Å². The van der Waals surface area contributed by atoms with Crippen LogP contribution in [-0.2, 0) is 0 Å². The largest absolute Gasteiger partial charge is 0.493 e. The van der Waals surface area contributed by atoms with Crippen molar-refractivity contribution < 1.29 is 4.74 Å². The van der Waals surface area contributed by atoms with Gasteiger partial charge in [0.1, 0.15) is 5.75 Å². The molecule has 0 atom stereocenters. The summed E-state index contributed by atoms with van der Waals surface area (Å²) < 4.78 is 7.48. The van der Waals surface area contributed by atoms with Crippen LogP contribution in [0.4, 0.5) is 0 Å². The van der Waals surface area contributed by atoms with Gasteiger partial charge in [-0.25, -0.2) is 4.98 Å². The Balaban J connectivity index is 2.16. The summed E-state index contributed by atoms with van der Waals surface area (Å²) in [7, 11) is 0. The van der Waals surface area contributed by atoms with Gasteiger partial charge >= 0.3 is 0 Å². The fraction of sp³-hybridized carbons (Fsp3) is 0.267. The highest BCUT2D eigenvalue weighted by Crippen LogP contribution is 2.29. The average molecular weight is 300 g/mol. The number of aromatic nitrogens is 4.